The Morgan fingerprint density at radius 3 is 1.90 bits per heavy atom. The molecule has 0 saturated heterocycles. The summed E-state index contributed by atoms with van der Waals surface area (Å²) in [4.78, 5) is 0. The fraction of sp³-hybridized carbons (Fsp3) is 0.200. The molecule has 5 heteroatoms. The van der Waals surface area contributed by atoms with Crippen molar-refractivity contribution in [2.24, 2.45) is 0 Å². The number of hydrogen-bond donors (Lipinski definition) is 0. The molecule has 0 fully saturated rings. The molecule has 0 bridgehead atoms. The first-order chi connectivity index (χ1) is 3.30. The van der Waals surface area contributed by atoms with Crippen LogP contribution in [-0.2, 0) is 24.7 Å². The van der Waals surface area contributed by atoms with Gasteiger partial charge in [-0.15, -0.1) is 0 Å². The van der Waals surface area contributed by atoms with Gasteiger partial charge < -0.3 is 37.2 Å². The molecule has 10 heavy (non-hydrogen) atoms. The number of allylic oxidation sites excluding steroid dienone is 3. The number of hydrogen-bond acceptors (Lipinski definition) is 0. The van der Waals surface area contributed by atoms with Gasteiger partial charge in [0.1, 0.15) is 0 Å². The summed E-state index contributed by atoms with van der Waals surface area (Å²) in [5.41, 5.74) is 0. The van der Waals surface area contributed by atoms with E-state index in [-0.39, 0.29) is 58.8 Å². The van der Waals surface area contributed by atoms with E-state index in [2.05, 4.69) is 17.0 Å². The summed E-state index contributed by atoms with van der Waals surface area (Å²) >= 11 is 1.50. The van der Waals surface area contributed by atoms with Crippen molar-refractivity contribution < 1.29 is 61.9 Å². The Morgan fingerprint density at radius 2 is 1.80 bits per heavy atom. The molecule has 0 atom stereocenters. The third-order valence-electron chi connectivity index (χ3n) is 0.954. The standard InChI is InChI=1S/C5H5.3ClH.Sb.Zr.H/c1-3-5-4-2;;;;;;/h1,3H,2H3;3*1H;;;/q;;;;;+3;/p-3. The van der Waals surface area contributed by atoms with E-state index in [4.69, 9.17) is 0 Å². The van der Waals surface area contributed by atoms with Crippen LogP contribution in [0.5, 0.6) is 0 Å². The minimum atomic E-state index is -0.0942. The van der Waals surface area contributed by atoms with Gasteiger partial charge in [0.2, 0.25) is 0 Å². The number of rotatable bonds is 0. The van der Waals surface area contributed by atoms with E-state index in [1.165, 1.54) is 0 Å². The molecule has 0 nitrogen and oxygen atoms in total. The average Bonchev–Trinajstić information content (AvgIpc) is 1.91. The molecule has 0 aromatic rings. The minimum Gasteiger partial charge on any atom is -1.00 e. The molecule has 1 rings (SSSR count). The van der Waals surface area contributed by atoms with Crippen molar-refractivity contribution in [3.8, 4) is 0 Å². The van der Waals surface area contributed by atoms with E-state index in [9.17, 15) is 0 Å². The first-order valence-electron chi connectivity index (χ1n) is 2.16. The monoisotopic (exact) mass is 382 g/mol. The van der Waals surface area contributed by atoms with Crippen molar-refractivity contribution in [3.63, 3.8) is 0 Å². The van der Waals surface area contributed by atoms with Crippen LogP contribution in [0.1, 0.15) is 6.92 Å². The molecule has 0 unspecified atom stereocenters. The van der Waals surface area contributed by atoms with Gasteiger partial charge >= 0.3 is 70.2 Å². The maximum absolute atomic E-state index is 2.39. The predicted octanol–water partition coefficient (Wildman–Crippen LogP) is -8.26. The van der Waals surface area contributed by atoms with Gasteiger partial charge in [-0.1, -0.05) is 0 Å². The molecule has 56 valence electrons. The van der Waals surface area contributed by atoms with Crippen molar-refractivity contribution in [1.82, 2.24) is 0 Å². The second kappa shape index (κ2) is 9.14. The van der Waals surface area contributed by atoms with Crippen LogP contribution < -0.4 is 37.2 Å². The van der Waals surface area contributed by atoms with Crippen molar-refractivity contribution in [1.29, 1.82) is 0 Å². The quantitative estimate of drug-likeness (QED) is 0.364. The Hall–Kier alpha value is 2.05. The first-order valence-corrected chi connectivity index (χ1v) is 6.46. The van der Waals surface area contributed by atoms with Crippen molar-refractivity contribution in [2.75, 3.05) is 0 Å². The molecule has 0 aromatic heterocycles. The van der Waals surface area contributed by atoms with E-state index < -0.39 is 0 Å². The summed E-state index contributed by atoms with van der Waals surface area (Å²) in [6.07, 6.45) is 2.29. The van der Waals surface area contributed by atoms with Crippen LogP contribution >= 0.6 is 0 Å². The van der Waals surface area contributed by atoms with Gasteiger partial charge in [0, 0.05) is 0 Å². The predicted molar refractivity (Wildman–Crippen MR) is 29.0 cm³/mol. The van der Waals surface area contributed by atoms with Crippen LogP contribution in [0.3, 0.4) is 0 Å². The third kappa shape index (κ3) is 5.67. The van der Waals surface area contributed by atoms with Crippen LogP contribution in [0.4, 0.5) is 0 Å². The van der Waals surface area contributed by atoms with Crippen molar-refractivity contribution in [2.45, 2.75) is 6.92 Å². The molecule has 0 saturated carbocycles. The van der Waals surface area contributed by atoms with E-state index in [0.717, 1.165) is 0 Å². The van der Waals surface area contributed by atoms with E-state index in [1.807, 2.05) is 0 Å². The Bertz CT molecular complexity index is 144. The van der Waals surface area contributed by atoms with Gasteiger partial charge in [-0.25, -0.2) is 0 Å². The van der Waals surface area contributed by atoms with Crippen LogP contribution in [-0.4, -0.2) is 21.6 Å². The van der Waals surface area contributed by atoms with Crippen molar-refractivity contribution in [3.05, 3.63) is 16.9 Å². The number of halogens is 3. The Balaban J connectivity index is -0.000000163. The van der Waals surface area contributed by atoms with Crippen molar-refractivity contribution >= 4 is 21.6 Å². The maximum atomic E-state index is 2.39. The largest absolute Gasteiger partial charge is 1.00 e. The second-order valence-corrected chi connectivity index (χ2v) is 6.76. The zero-order valence-corrected chi connectivity index (χ0v) is 12.9. The summed E-state index contributed by atoms with van der Waals surface area (Å²) in [6, 6.07) is 0. The van der Waals surface area contributed by atoms with E-state index in [0.29, 0.717) is 0 Å². The van der Waals surface area contributed by atoms with E-state index >= 15 is 0 Å². The zero-order chi connectivity index (χ0) is 5.28. The Kier molecular flexibility index (Phi) is 16.4. The Morgan fingerprint density at radius 1 is 1.30 bits per heavy atom. The molecular weight excluding hydrogens is 379 g/mol. The van der Waals surface area contributed by atoms with Crippen LogP contribution in [0, 0.1) is 0 Å². The third-order valence-corrected chi connectivity index (χ3v) is 7.00. The fourth-order valence-electron chi connectivity index (χ4n) is 0.453. The van der Waals surface area contributed by atoms with Crippen LogP contribution in [0.2, 0.25) is 0 Å². The summed E-state index contributed by atoms with van der Waals surface area (Å²) in [5.74, 6) is 0. The molecule has 0 radical (unpaired) electrons. The fourth-order valence-corrected chi connectivity index (χ4v) is 5.13. The molecule has 0 aliphatic carbocycles. The SMILES string of the molecule is C[C]1=[C]([Zr+3])C=[CH][SbH]1.[Cl-].[Cl-].[Cl-]. The normalized spacial score (nSPS) is 13.5. The molecule has 0 N–H and O–H groups in total. The molecule has 0 aromatic carbocycles. The van der Waals surface area contributed by atoms with E-state index in [1.54, 1.807) is 31.5 Å². The van der Waals surface area contributed by atoms with Gasteiger partial charge in [0.05, 0.1) is 0 Å². The first kappa shape index (κ1) is 18.0. The minimum absolute atomic E-state index is 0. The molecule has 1 aliphatic rings. The average molecular weight is 385 g/mol. The van der Waals surface area contributed by atoms with Crippen LogP contribution in [0.15, 0.2) is 16.9 Å². The summed E-state index contributed by atoms with van der Waals surface area (Å²) in [5, 5.41) is 0. The summed E-state index contributed by atoms with van der Waals surface area (Å²) in [6.45, 7) is 2.27. The van der Waals surface area contributed by atoms with Gasteiger partial charge in [0.15, 0.2) is 0 Å². The Labute approximate surface area is 106 Å². The van der Waals surface area contributed by atoms with Crippen LogP contribution in [0.25, 0.3) is 0 Å². The smallest absolute Gasteiger partial charge is 1.00 e. The zero-order valence-electron chi connectivity index (χ0n) is 5.29. The second-order valence-electron chi connectivity index (χ2n) is 1.52. The molecule has 0 amide bonds. The van der Waals surface area contributed by atoms with Gasteiger partial charge in [-0.05, 0) is 0 Å². The topological polar surface area (TPSA) is 0 Å². The molecule has 1 aliphatic heterocycles. The molecule has 0 spiro atoms. The van der Waals surface area contributed by atoms with Gasteiger partial charge in [-0.3, -0.25) is 0 Å². The molecular formula is C5H6Cl3SbZr. The molecule has 1 heterocycles. The van der Waals surface area contributed by atoms with Gasteiger partial charge in [-0.2, -0.15) is 0 Å². The summed E-state index contributed by atoms with van der Waals surface area (Å²) < 4.78 is 5.73. The summed E-state index contributed by atoms with van der Waals surface area (Å²) in [7, 11) is 0. The van der Waals surface area contributed by atoms with Gasteiger partial charge in [0.25, 0.3) is 0 Å². The maximum Gasteiger partial charge on any atom is -1.00 e.